The van der Waals surface area contributed by atoms with Crippen LogP contribution >= 0.6 is 0 Å². The molecule has 8 nitrogen and oxygen atoms in total. The smallest absolute Gasteiger partial charge is 0.259 e. The van der Waals surface area contributed by atoms with Gasteiger partial charge in [-0.25, -0.2) is 13.8 Å². The number of nitrogens with zero attached hydrogens (tertiary/aromatic N) is 2. The Hall–Kier alpha value is -3.76. The lowest BCUT2D eigenvalue weighted by Gasteiger charge is -2.37. The number of carbonyl (C=O) groups excluding carboxylic acids is 1. The van der Waals surface area contributed by atoms with Crippen molar-refractivity contribution in [2.75, 3.05) is 30.0 Å². The fourth-order valence-corrected chi connectivity index (χ4v) is 3.78. The molecule has 0 bridgehead atoms. The van der Waals surface area contributed by atoms with Gasteiger partial charge in [0.25, 0.3) is 5.91 Å². The minimum absolute atomic E-state index is 0.0965. The molecule has 0 spiro atoms. The number of ether oxygens (including phenoxy) is 2. The molecule has 1 amide bonds. The van der Waals surface area contributed by atoms with Crippen molar-refractivity contribution in [3.8, 4) is 11.5 Å². The van der Waals surface area contributed by atoms with Gasteiger partial charge in [-0.2, -0.15) is 0 Å². The number of anilines is 3. The van der Waals surface area contributed by atoms with Gasteiger partial charge in [-0.3, -0.25) is 4.79 Å². The number of amides is 1. The summed E-state index contributed by atoms with van der Waals surface area (Å²) in [5.74, 6) is -2.51. The first kappa shape index (κ1) is 25.3. The predicted octanol–water partition coefficient (Wildman–Crippen LogP) is 3.96. The molecular weight excluding hydrogens is 472 g/mol. The Balaban J connectivity index is 1.64. The zero-order valence-electron chi connectivity index (χ0n) is 20.1. The topological polar surface area (TPSA) is 104 Å². The van der Waals surface area contributed by atoms with Gasteiger partial charge in [0.1, 0.15) is 18.0 Å². The summed E-state index contributed by atoms with van der Waals surface area (Å²) in [6, 6.07) is 10.1. The van der Waals surface area contributed by atoms with E-state index in [0.29, 0.717) is 11.5 Å². The van der Waals surface area contributed by atoms with Gasteiger partial charge < -0.3 is 29.9 Å². The Morgan fingerprint density at radius 3 is 2.56 bits per heavy atom. The predicted molar refractivity (Wildman–Crippen MR) is 130 cm³/mol. The van der Waals surface area contributed by atoms with E-state index >= 15 is 0 Å². The molecule has 0 saturated carbocycles. The van der Waals surface area contributed by atoms with E-state index in [2.05, 4.69) is 10.3 Å². The number of aliphatic hydroxyl groups is 2. The Bertz CT molecular complexity index is 1240. The fourth-order valence-electron chi connectivity index (χ4n) is 3.78. The third kappa shape index (κ3) is 5.09. The van der Waals surface area contributed by atoms with Crippen molar-refractivity contribution in [2.45, 2.75) is 32.4 Å². The van der Waals surface area contributed by atoms with Crippen LogP contribution in [0, 0.1) is 18.6 Å². The second-order valence-corrected chi connectivity index (χ2v) is 9.11. The van der Waals surface area contributed by atoms with Crippen molar-refractivity contribution in [1.29, 1.82) is 0 Å². The first-order valence-corrected chi connectivity index (χ1v) is 11.3. The quantitative estimate of drug-likeness (QED) is 0.452. The van der Waals surface area contributed by atoms with Gasteiger partial charge in [0, 0.05) is 24.0 Å². The highest BCUT2D eigenvalue weighted by atomic mass is 19.1. The Morgan fingerprint density at radius 2 is 1.94 bits per heavy atom. The first-order chi connectivity index (χ1) is 17.1. The lowest BCUT2D eigenvalue weighted by molar-refractivity contribution is 0.0344. The lowest BCUT2D eigenvalue weighted by atomic mass is 10.1. The van der Waals surface area contributed by atoms with E-state index in [4.69, 9.17) is 9.47 Å². The van der Waals surface area contributed by atoms with Gasteiger partial charge in [0.05, 0.1) is 30.5 Å². The number of aliphatic hydroxyl groups excluding tert-OH is 2. The molecule has 10 heteroatoms. The normalized spacial score (nSPS) is 15.2. The van der Waals surface area contributed by atoms with Gasteiger partial charge in [0.15, 0.2) is 23.1 Å². The molecule has 4 rings (SSSR count). The van der Waals surface area contributed by atoms with E-state index in [1.54, 1.807) is 23.2 Å². The zero-order valence-corrected chi connectivity index (χ0v) is 20.1. The zero-order chi connectivity index (χ0) is 26.0. The molecule has 190 valence electrons. The van der Waals surface area contributed by atoms with E-state index in [0.717, 1.165) is 17.7 Å². The third-order valence-corrected chi connectivity index (χ3v) is 5.65. The van der Waals surface area contributed by atoms with E-state index in [9.17, 15) is 23.8 Å². The largest absolute Gasteiger partial charge is 0.488 e. The Labute approximate surface area is 207 Å². The molecule has 0 unspecified atom stereocenters. The molecule has 0 radical (unpaired) electrons. The third-order valence-electron chi connectivity index (χ3n) is 5.65. The first-order valence-electron chi connectivity index (χ1n) is 11.3. The highest BCUT2D eigenvalue weighted by molar-refractivity contribution is 6.07. The van der Waals surface area contributed by atoms with Crippen LogP contribution in [-0.4, -0.2) is 52.6 Å². The van der Waals surface area contributed by atoms with Crippen molar-refractivity contribution in [3.63, 3.8) is 0 Å². The summed E-state index contributed by atoms with van der Waals surface area (Å²) in [5.41, 5.74) is 0.317. The highest BCUT2D eigenvalue weighted by Gasteiger charge is 2.32. The average Bonchev–Trinajstić information content (AvgIpc) is 2.85. The molecule has 0 aliphatic carbocycles. The summed E-state index contributed by atoms with van der Waals surface area (Å²) in [4.78, 5) is 19.4. The molecule has 0 fully saturated rings. The molecule has 1 atom stereocenters. The number of carbonyl (C=O) groups is 1. The molecule has 0 saturated heterocycles. The Kier molecular flexibility index (Phi) is 7.09. The van der Waals surface area contributed by atoms with Crippen LogP contribution in [0.2, 0.25) is 0 Å². The molecular formula is C26H27F2N3O5. The SMILES string of the molecule is Cc1ccc(N2c3cccc(C(=O)Nc4cc(F)c(OC(C)(C)CO)c(F)c4)c3OC[C@@H]2CO)nc1. The van der Waals surface area contributed by atoms with Gasteiger partial charge >= 0.3 is 0 Å². The number of nitrogens with one attached hydrogen (secondary N) is 1. The van der Waals surface area contributed by atoms with Crippen molar-refractivity contribution >= 4 is 23.1 Å². The number of hydrogen-bond donors (Lipinski definition) is 3. The Morgan fingerprint density at radius 1 is 1.22 bits per heavy atom. The number of halogens is 2. The minimum Gasteiger partial charge on any atom is -0.488 e. The maximum atomic E-state index is 14.6. The molecule has 1 aromatic heterocycles. The number of aromatic nitrogens is 1. The number of aryl methyl sites for hydroxylation is 1. The molecule has 1 aliphatic heterocycles. The van der Waals surface area contributed by atoms with Gasteiger partial charge in [0.2, 0.25) is 0 Å². The van der Waals surface area contributed by atoms with Crippen LogP contribution in [-0.2, 0) is 0 Å². The van der Waals surface area contributed by atoms with E-state index in [1.807, 2.05) is 19.1 Å². The van der Waals surface area contributed by atoms with Crippen LogP contribution in [0.25, 0.3) is 0 Å². The van der Waals surface area contributed by atoms with E-state index < -0.39 is 41.5 Å². The number of rotatable bonds is 7. The second-order valence-electron chi connectivity index (χ2n) is 9.11. The van der Waals surface area contributed by atoms with Crippen molar-refractivity contribution in [1.82, 2.24) is 4.98 Å². The number of para-hydroxylation sites is 1. The summed E-state index contributed by atoms with van der Waals surface area (Å²) < 4.78 is 40.3. The summed E-state index contributed by atoms with van der Waals surface area (Å²) in [6.45, 7) is 4.32. The fraction of sp³-hybridized carbons (Fsp3) is 0.308. The van der Waals surface area contributed by atoms with Crippen molar-refractivity contribution in [2.24, 2.45) is 0 Å². The van der Waals surface area contributed by atoms with Crippen LogP contribution < -0.4 is 19.7 Å². The van der Waals surface area contributed by atoms with Crippen molar-refractivity contribution < 1.29 is 33.3 Å². The molecule has 3 aromatic rings. The van der Waals surface area contributed by atoms with Crippen LogP contribution in [0.3, 0.4) is 0 Å². The molecule has 1 aliphatic rings. The van der Waals surface area contributed by atoms with Crippen LogP contribution in [0.5, 0.6) is 11.5 Å². The highest BCUT2D eigenvalue weighted by Crippen LogP contribution is 2.41. The summed E-state index contributed by atoms with van der Waals surface area (Å²) in [7, 11) is 0. The molecule has 2 heterocycles. The second kappa shape index (κ2) is 10.1. The number of hydrogen-bond acceptors (Lipinski definition) is 7. The van der Waals surface area contributed by atoms with Crippen molar-refractivity contribution in [3.05, 3.63) is 71.4 Å². The summed E-state index contributed by atoms with van der Waals surface area (Å²) >= 11 is 0. The molecule has 2 aromatic carbocycles. The minimum atomic E-state index is -1.20. The van der Waals surface area contributed by atoms with E-state index in [1.165, 1.54) is 19.9 Å². The van der Waals surface area contributed by atoms with Crippen LogP contribution in [0.4, 0.5) is 26.0 Å². The maximum absolute atomic E-state index is 14.6. The van der Waals surface area contributed by atoms with Crippen LogP contribution in [0.15, 0.2) is 48.7 Å². The maximum Gasteiger partial charge on any atom is 0.259 e. The monoisotopic (exact) mass is 499 g/mol. The average molecular weight is 500 g/mol. The standard InChI is InChI=1S/C26H27F2N3O5/c1-15-7-8-22(29-11-15)31-17(12-32)13-35-23-18(5-4-6-21(23)31)25(34)30-16-9-19(27)24(20(28)10-16)36-26(2,3)14-33/h4-11,17,32-33H,12-14H2,1-3H3,(H,30,34)/t17-/m0/s1. The van der Waals surface area contributed by atoms with Gasteiger partial charge in [-0.15, -0.1) is 0 Å². The number of fused-ring (bicyclic) bond motifs is 1. The molecule has 36 heavy (non-hydrogen) atoms. The van der Waals surface area contributed by atoms with Gasteiger partial charge in [-0.1, -0.05) is 12.1 Å². The van der Waals surface area contributed by atoms with E-state index in [-0.39, 0.29) is 30.2 Å². The number of benzene rings is 2. The molecule has 3 N–H and O–H groups in total. The summed E-state index contributed by atoms with van der Waals surface area (Å²) in [5, 5.41) is 21.7. The number of pyridine rings is 1. The summed E-state index contributed by atoms with van der Waals surface area (Å²) in [6.07, 6.45) is 1.70. The lowest BCUT2D eigenvalue weighted by Crippen LogP contribution is -2.43. The van der Waals surface area contributed by atoms with Gasteiger partial charge in [-0.05, 0) is 44.5 Å². The van der Waals surface area contributed by atoms with Crippen LogP contribution in [0.1, 0.15) is 29.8 Å².